The molecule has 3 heteroatoms. The summed E-state index contributed by atoms with van der Waals surface area (Å²) in [6, 6.07) is 4.98. The molecule has 88 valence electrons. The Morgan fingerprint density at radius 1 is 1.38 bits per heavy atom. The molecule has 1 aromatic carbocycles. The number of hydrogen-bond acceptors (Lipinski definition) is 2. The van der Waals surface area contributed by atoms with E-state index in [0.29, 0.717) is 6.42 Å². The maximum absolute atomic E-state index is 13.3. The number of ketones is 1. The second-order valence-corrected chi connectivity index (χ2v) is 3.88. The number of carbonyl (C=O) groups is 1. The molecule has 0 aromatic heterocycles. The molecule has 0 aliphatic carbocycles. The van der Waals surface area contributed by atoms with Gasteiger partial charge >= 0.3 is 0 Å². The van der Waals surface area contributed by atoms with Crippen LogP contribution < -0.4 is 4.74 Å². The van der Waals surface area contributed by atoms with E-state index in [-0.39, 0.29) is 17.3 Å². The molecule has 0 unspecified atom stereocenters. The lowest BCUT2D eigenvalue weighted by atomic mass is 10.1. The van der Waals surface area contributed by atoms with Crippen molar-refractivity contribution in [1.29, 1.82) is 0 Å². The van der Waals surface area contributed by atoms with Crippen LogP contribution in [0.5, 0.6) is 5.75 Å². The molecular formula is C13H17FO2. The summed E-state index contributed by atoms with van der Waals surface area (Å²) in [5.74, 6) is 0.153. The van der Waals surface area contributed by atoms with E-state index in [1.807, 2.05) is 6.07 Å². The fraction of sp³-hybridized carbons (Fsp3) is 0.462. The lowest BCUT2D eigenvalue weighted by Gasteiger charge is -2.04. The fourth-order valence-corrected chi connectivity index (χ4v) is 1.57. The topological polar surface area (TPSA) is 26.3 Å². The molecule has 16 heavy (non-hydrogen) atoms. The second-order valence-electron chi connectivity index (χ2n) is 3.88. The zero-order valence-corrected chi connectivity index (χ0v) is 9.75. The highest BCUT2D eigenvalue weighted by Crippen LogP contribution is 2.18. The first-order chi connectivity index (χ1) is 7.63. The number of carbonyl (C=O) groups excluding carboxylic acids is 1. The van der Waals surface area contributed by atoms with Crippen molar-refractivity contribution in [3.8, 4) is 5.75 Å². The first-order valence-corrected chi connectivity index (χ1v) is 5.45. The maximum atomic E-state index is 13.3. The van der Waals surface area contributed by atoms with Crippen LogP contribution >= 0.6 is 0 Å². The van der Waals surface area contributed by atoms with Gasteiger partial charge in [-0.05, 0) is 43.9 Å². The van der Waals surface area contributed by atoms with Crippen molar-refractivity contribution in [1.82, 2.24) is 0 Å². The zero-order chi connectivity index (χ0) is 12.0. The molecule has 0 saturated carbocycles. The number of hydrogen-bond donors (Lipinski definition) is 0. The molecule has 1 aromatic rings. The third kappa shape index (κ3) is 4.01. The third-order valence-corrected chi connectivity index (χ3v) is 2.46. The summed E-state index contributed by atoms with van der Waals surface area (Å²) in [5, 5.41) is 0. The molecule has 0 aliphatic heterocycles. The molecule has 0 amide bonds. The molecule has 0 fully saturated rings. The van der Waals surface area contributed by atoms with Crippen LogP contribution in [0.3, 0.4) is 0 Å². The minimum Gasteiger partial charge on any atom is -0.494 e. The molecule has 1 rings (SSSR count). The van der Waals surface area contributed by atoms with Crippen molar-refractivity contribution in [3.05, 3.63) is 29.6 Å². The number of Topliss-reactive ketones (excluding diaryl/α,β-unsaturated/α-hetero) is 1. The number of benzene rings is 1. The average Bonchev–Trinajstić information content (AvgIpc) is 2.24. The Labute approximate surface area is 95.4 Å². The van der Waals surface area contributed by atoms with Crippen LogP contribution in [0.15, 0.2) is 18.2 Å². The molecule has 0 saturated heterocycles. The summed E-state index contributed by atoms with van der Waals surface area (Å²) in [5.41, 5.74) is 0.946. The molecule has 0 heterocycles. The molecule has 0 atom stereocenters. The summed E-state index contributed by atoms with van der Waals surface area (Å²) in [6.07, 6.45) is 3.18. The van der Waals surface area contributed by atoms with Gasteiger partial charge in [0, 0.05) is 6.42 Å². The number of unbranched alkanes of at least 4 members (excludes halogenated alkanes) is 1. The highest BCUT2D eigenvalue weighted by atomic mass is 19.1. The molecule has 0 spiro atoms. The van der Waals surface area contributed by atoms with Crippen LogP contribution in [0.25, 0.3) is 0 Å². The second kappa shape index (κ2) is 6.26. The number of ether oxygens (including phenoxy) is 1. The lowest BCUT2D eigenvalue weighted by molar-refractivity contribution is -0.117. The summed E-state index contributed by atoms with van der Waals surface area (Å²) in [4.78, 5) is 10.7. The number of methoxy groups -OCH3 is 1. The van der Waals surface area contributed by atoms with E-state index < -0.39 is 0 Å². The monoisotopic (exact) mass is 224 g/mol. The van der Waals surface area contributed by atoms with E-state index >= 15 is 0 Å². The molecule has 2 nitrogen and oxygen atoms in total. The Balaban J connectivity index is 2.43. The highest BCUT2D eigenvalue weighted by molar-refractivity contribution is 5.75. The van der Waals surface area contributed by atoms with E-state index in [2.05, 4.69) is 0 Å². The lowest BCUT2D eigenvalue weighted by Crippen LogP contribution is -1.93. The van der Waals surface area contributed by atoms with Crippen LogP contribution in [0.4, 0.5) is 4.39 Å². The van der Waals surface area contributed by atoms with Gasteiger partial charge in [-0.3, -0.25) is 0 Å². The van der Waals surface area contributed by atoms with Crippen LogP contribution in [0.1, 0.15) is 31.7 Å². The summed E-state index contributed by atoms with van der Waals surface area (Å²) in [7, 11) is 1.45. The Kier molecular flexibility index (Phi) is 4.96. The average molecular weight is 224 g/mol. The number of rotatable bonds is 6. The first kappa shape index (κ1) is 12.7. The Bertz CT molecular complexity index is 361. The molecule has 0 aliphatic rings. The van der Waals surface area contributed by atoms with Gasteiger partial charge in [-0.25, -0.2) is 4.39 Å². The van der Waals surface area contributed by atoms with Crippen LogP contribution in [-0.4, -0.2) is 12.9 Å². The zero-order valence-electron chi connectivity index (χ0n) is 9.75. The highest BCUT2D eigenvalue weighted by Gasteiger charge is 2.03. The first-order valence-electron chi connectivity index (χ1n) is 5.45. The SMILES string of the molecule is COc1ccc(CCCCC(C)=O)cc1F. The predicted molar refractivity (Wildman–Crippen MR) is 61.2 cm³/mol. The van der Waals surface area contributed by atoms with E-state index in [4.69, 9.17) is 4.74 Å². The van der Waals surface area contributed by atoms with Gasteiger partial charge in [0.25, 0.3) is 0 Å². The minimum atomic E-state index is -0.327. The third-order valence-electron chi connectivity index (χ3n) is 2.46. The van der Waals surface area contributed by atoms with E-state index in [1.165, 1.54) is 13.2 Å². The van der Waals surface area contributed by atoms with E-state index in [0.717, 1.165) is 24.8 Å². The molecular weight excluding hydrogens is 207 g/mol. The molecule has 0 bridgehead atoms. The van der Waals surface area contributed by atoms with Gasteiger partial charge in [0.1, 0.15) is 5.78 Å². The summed E-state index contributed by atoms with van der Waals surface area (Å²) >= 11 is 0. The Hall–Kier alpha value is -1.38. The normalized spacial score (nSPS) is 10.2. The van der Waals surface area contributed by atoms with Gasteiger partial charge in [0.05, 0.1) is 7.11 Å². The van der Waals surface area contributed by atoms with Gasteiger partial charge < -0.3 is 9.53 Å². The summed E-state index contributed by atoms with van der Waals surface area (Å²) in [6.45, 7) is 1.59. The van der Waals surface area contributed by atoms with Crippen molar-refractivity contribution < 1.29 is 13.9 Å². The van der Waals surface area contributed by atoms with Gasteiger partial charge in [0.2, 0.25) is 0 Å². The van der Waals surface area contributed by atoms with Gasteiger partial charge in [0.15, 0.2) is 11.6 Å². The van der Waals surface area contributed by atoms with Crippen LogP contribution in [0.2, 0.25) is 0 Å². The Morgan fingerprint density at radius 2 is 2.12 bits per heavy atom. The van der Waals surface area contributed by atoms with E-state index in [1.54, 1.807) is 13.0 Å². The Morgan fingerprint density at radius 3 is 2.69 bits per heavy atom. The van der Waals surface area contributed by atoms with Gasteiger partial charge in [-0.1, -0.05) is 6.07 Å². The maximum Gasteiger partial charge on any atom is 0.165 e. The van der Waals surface area contributed by atoms with Crippen molar-refractivity contribution in [3.63, 3.8) is 0 Å². The number of aryl methyl sites for hydroxylation is 1. The van der Waals surface area contributed by atoms with Crippen molar-refractivity contribution in [2.24, 2.45) is 0 Å². The minimum absolute atomic E-state index is 0.209. The number of halogens is 1. The van der Waals surface area contributed by atoms with Crippen molar-refractivity contribution in [2.45, 2.75) is 32.6 Å². The van der Waals surface area contributed by atoms with Crippen LogP contribution in [0, 0.1) is 5.82 Å². The van der Waals surface area contributed by atoms with Crippen molar-refractivity contribution in [2.75, 3.05) is 7.11 Å². The molecule has 0 N–H and O–H groups in total. The smallest absolute Gasteiger partial charge is 0.165 e. The van der Waals surface area contributed by atoms with Crippen molar-refractivity contribution >= 4 is 5.78 Å². The summed E-state index contributed by atoms with van der Waals surface area (Å²) < 4.78 is 18.1. The fourth-order valence-electron chi connectivity index (χ4n) is 1.57. The largest absolute Gasteiger partial charge is 0.494 e. The standard InChI is InChI=1S/C13H17FO2/c1-10(15)5-3-4-6-11-7-8-13(16-2)12(14)9-11/h7-9H,3-6H2,1-2H3. The van der Waals surface area contributed by atoms with Crippen LogP contribution in [-0.2, 0) is 11.2 Å². The molecule has 0 radical (unpaired) electrons. The van der Waals surface area contributed by atoms with Gasteiger partial charge in [-0.2, -0.15) is 0 Å². The quantitative estimate of drug-likeness (QED) is 0.694. The van der Waals surface area contributed by atoms with E-state index in [9.17, 15) is 9.18 Å². The predicted octanol–water partition coefficient (Wildman–Crippen LogP) is 3.14. The van der Waals surface area contributed by atoms with Gasteiger partial charge in [-0.15, -0.1) is 0 Å².